The van der Waals surface area contributed by atoms with Gasteiger partial charge in [0.05, 0.1) is 11.1 Å². The van der Waals surface area contributed by atoms with Crippen molar-refractivity contribution in [2.75, 3.05) is 5.48 Å². The Balaban J connectivity index is 2.46. The van der Waals surface area contributed by atoms with Gasteiger partial charge in [0, 0.05) is 16.5 Å². The molecule has 0 fully saturated rings. The number of phenols is 2. The standard InChI is InChI=1S/C14H13NO3/c16-13-8-4-1-2-5-9(8)14(17)12-10(13)6-3-7-11(12)15-18/h1-3,6-7,15-18H,4-5H2. The van der Waals surface area contributed by atoms with E-state index in [1.54, 1.807) is 18.2 Å². The number of hydrogen-bond donors (Lipinski definition) is 4. The lowest BCUT2D eigenvalue weighted by atomic mass is 9.90. The van der Waals surface area contributed by atoms with E-state index in [9.17, 15) is 10.2 Å². The fraction of sp³-hybridized carbons (Fsp3) is 0.143. The first-order chi connectivity index (χ1) is 8.74. The molecule has 0 amide bonds. The lowest BCUT2D eigenvalue weighted by molar-refractivity contribution is 0.389. The van der Waals surface area contributed by atoms with Crippen LogP contribution in [0.1, 0.15) is 11.1 Å². The highest BCUT2D eigenvalue weighted by atomic mass is 16.5. The van der Waals surface area contributed by atoms with Gasteiger partial charge in [0.25, 0.3) is 0 Å². The second kappa shape index (κ2) is 3.92. The SMILES string of the molecule is ONc1cccc2c(O)c3c(c(O)c12)CC=CC3. The number of hydrogen-bond acceptors (Lipinski definition) is 4. The summed E-state index contributed by atoms with van der Waals surface area (Å²) in [6.45, 7) is 0. The summed E-state index contributed by atoms with van der Waals surface area (Å²) >= 11 is 0. The molecule has 92 valence electrons. The van der Waals surface area contributed by atoms with Gasteiger partial charge in [0.1, 0.15) is 11.5 Å². The van der Waals surface area contributed by atoms with E-state index in [4.69, 9.17) is 5.21 Å². The second-order valence-corrected chi connectivity index (χ2v) is 4.37. The molecule has 2 aromatic carbocycles. The Bertz CT molecular complexity index is 662. The van der Waals surface area contributed by atoms with Gasteiger partial charge in [-0.15, -0.1) is 0 Å². The van der Waals surface area contributed by atoms with Crippen molar-refractivity contribution in [3.8, 4) is 11.5 Å². The molecule has 0 spiro atoms. The first-order valence-corrected chi connectivity index (χ1v) is 5.77. The molecule has 0 radical (unpaired) electrons. The molecule has 0 unspecified atom stereocenters. The van der Waals surface area contributed by atoms with Gasteiger partial charge in [-0.05, 0) is 18.9 Å². The summed E-state index contributed by atoms with van der Waals surface area (Å²) in [6.07, 6.45) is 5.13. The third-order valence-electron chi connectivity index (χ3n) is 3.42. The van der Waals surface area contributed by atoms with E-state index in [0.29, 0.717) is 29.3 Å². The number of aromatic hydroxyl groups is 2. The Morgan fingerprint density at radius 3 is 2.28 bits per heavy atom. The van der Waals surface area contributed by atoms with E-state index in [-0.39, 0.29) is 11.5 Å². The average molecular weight is 243 g/mol. The monoisotopic (exact) mass is 243 g/mol. The third kappa shape index (κ3) is 1.36. The van der Waals surface area contributed by atoms with Crippen molar-refractivity contribution in [1.29, 1.82) is 0 Å². The maximum absolute atomic E-state index is 10.3. The first-order valence-electron chi connectivity index (χ1n) is 5.77. The molecule has 4 heteroatoms. The Morgan fingerprint density at radius 1 is 0.944 bits per heavy atom. The summed E-state index contributed by atoms with van der Waals surface area (Å²) in [6, 6.07) is 5.08. The molecule has 0 aromatic heterocycles. The first kappa shape index (κ1) is 10.9. The van der Waals surface area contributed by atoms with Crippen molar-refractivity contribution >= 4 is 16.5 Å². The fourth-order valence-electron chi connectivity index (χ4n) is 2.54. The van der Waals surface area contributed by atoms with Gasteiger partial charge in [-0.2, -0.15) is 0 Å². The highest BCUT2D eigenvalue weighted by molar-refractivity contribution is 6.03. The largest absolute Gasteiger partial charge is 0.507 e. The minimum absolute atomic E-state index is 0.124. The van der Waals surface area contributed by atoms with Crippen molar-refractivity contribution in [2.45, 2.75) is 12.8 Å². The van der Waals surface area contributed by atoms with Gasteiger partial charge in [0.2, 0.25) is 0 Å². The molecule has 1 aliphatic rings. The van der Waals surface area contributed by atoms with Crippen molar-refractivity contribution in [2.24, 2.45) is 0 Å². The maximum Gasteiger partial charge on any atom is 0.129 e. The molecule has 1 aliphatic carbocycles. The van der Waals surface area contributed by atoms with E-state index < -0.39 is 0 Å². The number of anilines is 1. The van der Waals surface area contributed by atoms with Crippen LogP contribution in [-0.2, 0) is 12.8 Å². The minimum atomic E-state index is 0.124. The van der Waals surface area contributed by atoms with Gasteiger partial charge >= 0.3 is 0 Å². The Kier molecular flexibility index (Phi) is 2.38. The summed E-state index contributed by atoms with van der Waals surface area (Å²) in [5.41, 5.74) is 3.93. The third-order valence-corrected chi connectivity index (χ3v) is 3.42. The molecule has 0 saturated heterocycles. The van der Waals surface area contributed by atoms with Crippen molar-refractivity contribution in [1.82, 2.24) is 0 Å². The van der Waals surface area contributed by atoms with Crippen molar-refractivity contribution in [3.05, 3.63) is 41.5 Å². The molecule has 3 rings (SSSR count). The van der Waals surface area contributed by atoms with E-state index in [2.05, 4.69) is 5.48 Å². The molecule has 0 saturated carbocycles. The summed E-state index contributed by atoms with van der Waals surface area (Å²) in [5, 5.41) is 30.7. The maximum atomic E-state index is 10.3. The number of allylic oxidation sites excluding steroid dienone is 2. The number of rotatable bonds is 1. The van der Waals surface area contributed by atoms with Crippen LogP contribution in [0.4, 0.5) is 5.69 Å². The van der Waals surface area contributed by atoms with Crippen LogP contribution in [0.25, 0.3) is 10.8 Å². The highest BCUT2D eigenvalue weighted by Crippen LogP contribution is 2.44. The number of fused-ring (bicyclic) bond motifs is 2. The Morgan fingerprint density at radius 2 is 1.61 bits per heavy atom. The predicted octanol–water partition coefficient (Wildman–Crippen LogP) is 2.71. The highest BCUT2D eigenvalue weighted by Gasteiger charge is 2.20. The normalized spacial score (nSPS) is 13.6. The molecule has 0 aliphatic heterocycles. The van der Waals surface area contributed by atoms with Crippen LogP contribution in [0.2, 0.25) is 0 Å². The lowest BCUT2D eigenvalue weighted by Gasteiger charge is -2.18. The molecule has 4 N–H and O–H groups in total. The van der Waals surface area contributed by atoms with Crippen LogP contribution in [0.15, 0.2) is 30.4 Å². The zero-order chi connectivity index (χ0) is 12.7. The van der Waals surface area contributed by atoms with Crippen molar-refractivity contribution < 1.29 is 15.4 Å². The summed E-state index contributed by atoms with van der Waals surface area (Å²) in [4.78, 5) is 0. The van der Waals surface area contributed by atoms with Crippen molar-refractivity contribution in [3.63, 3.8) is 0 Å². The molecule has 2 aromatic rings. The van der Waals surface area contributed by atoms with Gasteiger partial charge in [-0.25, -0.2) is 0 Å². The van der Waals surface area contributed by atoms with Crippen LogP contribution in [0.5, 0.6) is 11.5 Å². The van der Waals surface area contributed by atoms with Gasteiger partial charge in [-0.3, -0.25) is 10.7 Å². The van der Waals surface area contributed by atoms with Gasteiger partial charge in [-0.1, -0.05) is 24.3 Å². The van der Waals surface area contributed by atoms with Crippen LogP contribution in [0.3, 0.4) is 0 Å². The molecule has 0 bridgehead atoms. The van der Waals surface area contributed by atoms with Crippen LogP contribution >= 0.6 is 0 Å². The molecular formula is C14H13NO3. The zero-order valence-electron chi connectivity index (χ0n) is 9.64. The average Bonchev–Trinajstić information content (AvgIpc) is 2.44. The molecular weight excluding hydrogens is 230 g/mol. The fourth-order valence-corrected chi connectivity index (χ4v) is 2.54. The Hall–Kier alpha value is -2.20. The minimum Gasteiger partial charge on any atom is -0.507 e. The number of benzene rings is 2. The number of nitrogens with one attached hydrogen (secondary N) is 1. The summed E-state index contributed by atoms with van der Waals surface area (Å²) in [5.74, 6) is 0.304. The topological polar surface area (TPSA) is 72.7 Å². The molecule has 0 heterocycles. The molecule has 4 nitrogen and oxygen atoms in total. The van der Waals surface area contributed by atoms with Gasteiger partial charge < -0.3 is 10.2 Å². The Labute approximate surface area is 104 Å². The quantitative estimate of drug-likeness (QED) is 0.353. The second-order valence-electron chi connectivity index (χ2n) is 4.37. The van der Waals surface area contributed by atoms with E-state index >= 15 is 0 Å². The van der Waals surface area contributed by atoms with Crippen LogP contribution in [-0.4, -0.2) is 15.4 Å². The lowest BCUT2D eigenvalue weighted by Crippen LogP contribution is -2.01. The van der Waals surface area contributed by atoms with E-state index in [1.165, 1.54) is 0 Å². The smallest absolute Gasteiger partial charge is 0.129 e. The van der Waals surface area contributed by atoms with Crippen LogP contribution < -0.4 is 5.48 Å². The molecule has 18 heavy (non-hydrogen) atoms. The van der Waals surface area contributed by atoms with E-state index in [0.717, 1.165) is 11.1 Å². The van der Waals surface area contributed by atoms with Crippen LogP contribution in [0, 0.1) is 0 Å². The summed E-state index contributed by atoms with van der Waals surface area (Å²) in [7, 11) is 0. The zero-order valence-corrected chi connectivity index (χ0v) is 9.64. The number of phenolic OH excluding ortho intramolecular Hbond substituents is 2. The van der Waals surface area contributed by atoms with E-state index in [1.807, 2.05) is 12.2 Å². The molecule has 0 atom stereocenters. The van der Waals surface area contributed by atoms with Gasteiger partial charge in [0.15, 0.2) is 0 Å². The predicted molar refractivity (Wildman–Crippen MR) is 69.2 cm³/mol. The summed E-state index contributed by atoms with van der Waals surface area (Å²) < 4.78 is 0.